The first-order valence-corrected chi connectivity index (χ1v) is 8.21. The van der Waals surface area contributed by atoms with Crippen LogP contribution in [0.25, 0.3) is 10.2 Å². The molecular weight excluding hydrogens is 330 g/mol. The lowest BCUT2D eigenvalue weighted by molar-refractivity contribution is 0.0173. The van der Waals surface area contributed by atoms with Crippen molar-refractivity contribution in [3.63, 3.8) is 0 Å². The number of nitrogens with zero attached hydrogens (tertiary/aromatic N) is 5. The summed E-state index contributed by atoms with van der Waals surface area (Å²) in [7, 11) is 3.37. The number of thiazole rings is 1. The van der Waals surface area contributed by atoms with Crippen LogP contribution in [0.15, 0.2) is 24.4 Å². The molecule has 1 fully saturated rings. The number of ether oxygens (including phenoxy) is 2. The van der Waals surface area contributed by atoms with Crippen LogP contribution >= 0.6 is 11.3 Å². The third-order valence-electron chi connectivity index (χ3n) is 3.80. The highest BCUT2D eigenvalue weighted by atomic mass is 32.1. The van der Waals surface area contributed by atoms with E-state index in [9.17, 15) is 4.79 Å². The summed E-state index contributed by atoms with van der Waals surface area (Å²) in [5, 5.41) is 8.21. The Balaban J connectivity index is 1.38. The van der Waals surface area contributed by atoms with Crippen LogP contribution in [-0.4, -0.2) is 57.1 Å². The van der Waals surface area contributed by atoms with Gasteiger partial charge in [-0.2, -0.15) is 0 Å². The molecule has 3 heterocycles. The average Bonchev–Trinajstić information content (AvgIpc) is 3.14. The number of carbonyl (C=O) groups excluding carboxylic acids is 1. The van der Waals surface area contributed by atoms with Gasteiger partial charge in [-0.3, -0.25) is 9.48 Å². The van der Waals surface area contributed by atoms with E-state index in [0.29, 0.717) is 24.0 Å². The van der Waals surface area contributed by atoms with E-state index in [2.05, 4.69) is 15.3 Å². The van der Waals surface area contributed by atoms with Gasteiger partial charge in [0, 0.05) is 7.05 Å². The number of aromatic nitrogens is 4. The summed E-state index contributed by atoms with van der Waals surface area (Å²) in [5.74, 6) is 0.666. The van der Waals surface area contributed by atoms with Crippen LogP contribution in [-0.2, 0) is 7.05 Å². The van der Waals surface area contributed by atoms with E-state index in [-0.39, 0.29) is 12.0 Å². The fraction of sp³-hybridized carbons (Fsp3) is 0.333. The van der Waals surface area contributed by atoms with E-state index < -0.39 is 0 Å². The summed E-state index contributed by atoms with van der Waals surface area (Å²) in [6.45, 7) is 1.04. The van der Waals surface area contributed by atoms with Crippen molar-refractivity contribution in [2.24, 2.45) is 7.05 Å². The van der Waals surface area contributed by atoms with Crippen LogP contribution < -0.4 is 9.47 Å². The number of hydrogen-bond acceptors (Lipinski definition) is 7. The standard InChI is InChI=1S/C15H15N5O3S/c1-19-8-12(17-18-19)14(21)20-6-10(7-20)23-15-16-11-4-3-9(22-2)5-13(11)24-15/h3-5,8,10H,6-7H2,1-2H3. The molecule has 0 spiro atoms. The van der Waals surface area contributed by atoms with Crippen molar-refractivity contribution in [3.8, 4) is 10.9 Å². The second-order valence-electron chi connectivity index (χ2n) is 5.54. The molecule has 0 radical (unpaired) electrons. The Kier molecular flexibility index (Phi) is 3.57. The van der Waals surface area contributed by atoms with Crippen molar-refractivity contribution >= 4 is 27.5 Å². The number of hydrogen-bond donors (Lipinski definition) is 0. The fourth-order valence-electron chi connectivity index (χ4n) is 2.49. The molecule has 8 nitrogen and oxygen atoms in total. The Labute approximate surface area is 141 Å². The van der Waals surface area contributed by atoms with Gasteiger partial charge in [-0.05, 0) is 18.2 Å². The summed E-state index contributed by atoms with van der Waals surface area (Å²) in [6, 6.07) is 5.71. The summed E-state index contributed by atoms with van der Waals surface area (Å²) in [5.41, 5.74) is 1.23. The van der Waals surface area contributed by atoms with Crippen LogP contribution in [0, 0.1) is 0 Å². The number of likely N-dealkylation sites (tertiary alicyclic amines) is 1. The molecule has 4 rings (SSSR count). The summed E-state index contributed by atoms with van der Waals surface area (Å²) < 4.78 is 13.6. The highest BCUT2D eigenvalue weighted by Gasteiger charge is 2.34. The second kappa shape index (κ2) is 5.75. The monoisotopic (exact) mass is 345 g/mol. The van der Waals surface area contributed by atoms with Gasteiger partial charge in [0.25, 0.3) is 11.1 Å². The predicted molar refractivity (Wildman–Crippen MR) is 87.5 cm³/mol. The predicted octanol–water partition coefficient (Wildman–Crippen LogP) is 1.34. The minimum absolute atomic E-state index is 0.0481. The van der Waals surface area contributed by atoms with Crippen molar-refractivity contribution < 1.29 is 14.3 Å². The highest BCUT2D eigenvalue weighted by molar-refractivity contribution is 7.20. The van der Waals surface area contributed by atoms with Crippen LogP contribution in [0.3, 0.4) is 0 Å². The van der Waals surface area contributed by atoms with Crippen molar-refractivity contribution in [2.45, 2.75) is 6.10 Å². The van der Waals surface area contributed by atoms with Crippen LogP contribution in [0.2, 0.25) is 0 Å². The summed E-state index contributed by atoms with van der Waals surface area (Å²) in [6.07, 6.45) is 1.56. The zero-order valence-corrected chi connectivity index (χ0v) is 14.0. The normalized spacial score (nSPS) is 14.7. The molecule has 1 aliphatic heterocycles. The third kappa shape index (κ3) is 2.67. The van der Waals surface area contributed by atoms with Crippen molar-refractivity contribution in [1.82, 2.24) is 24.9 Å². The average molecular weight is 345 g/mol. The van der Waals surface area contributed by atoms with Crippen molar-refractivity contribution in [1.29, 1.82) is 0 Å². The molecule has 24 heavy (non-hydrogen) atoms. The molecule has 0 unspecified atom stereocenters. The molecule has 0 aliphatic carbocycles. The number of amides is 1. The Hall–Kier alpha value is -2.68. The van der Waals surface area contributed by atoms with Gasteiger partial charge in [-0.25, -0.2) is 4.98 Å². The lowest BCUT2D eigenvalue weighted by Crippen LogP contribution is -2.56. The van der Waals surface area contributed by atoms with Gasteiger partial charge in [0.15, 0.2) is 5.69 Å². The van der Waals surface area contributed by atoms with Gasteiger partial charge in [-0.1, -0.05) is 16.6 Å². The molecule has 1 saturated heterocycles. The summed E-state index contributed by atoms with van der Waals surface area (Å²) in [4.78, 5) is 18.3. The van der Waals surface area contributed by atoms with E-state index >= 15 is 0 Å². The van der Waals surface area contributed by atoms with Gasteiger partial charge in [0.1, 0.15) is 11.9 Å². The minimum Gasteiger partial charge on any atom is -0.497 e. The van der Waals surface area contributed by atoms with Crippen LogP contribution in [0.4, 0.5) is 0 Å². The van der Waals surface area contributed by atoms with Gasteiger partial charge in [0.05, 0.1) is 36.6 Å². The maximum absolute atomic E-state index is 12.2. The number of rotatable bonds is 4. The topological polar surface area (TPSA) is 82.4 Å². The largest absolute Gasteiger partial charge is 0.497 e. The Morgan fingerprint density at radius 1 is 1.38 bits per heavy atom. The van der Waals surface area contributed by atoms with E-state index in [1.165, 1.54) is 16.0 Å². The molecule has 0 atom stereocenters. The number of fused-ring (bicyclic) bond motifs is 1. The molecule has 2 aromatic heterocycles. The zero-order valence-electron chi connectivity index (χ0n) is 13.2. The fourth-order valence-corrected chi connectivity index (χ4v) is 3.40. The molecule has 124 valence electrons. The lowest BCUT2D eigenvalue weighted by Gasteiger charge is -2.37. The Morgan fingerprint density at radius 3 is 2.92 bits per heavy atom. The molecule has 0 saturated carbocycles. The molecule has 3 aromatic rings. The number of benzene rings is 1. The SMILES string of the molecule is COc1ccc2nc(OC3CN(C(=O)c4cn(C)nn4)C3)sc2c1. The number of carbonyl (C=O) groups is 1. The number of methoxy groups -OCH3 is 1. The second-order valence-corrected chi connectivity index (χ2v) is 6.53. The maximum Gasteiger partial charge on any atom is 0.276 e. The molecule has 1 aromatic carbocycles. The maximum atomic E-state index is 12.2. The third-order valence-corrected chi connectivity index (χ3v) is 4.71. The number of aryl methyl sites for hydroxylation is 1. The molecule has 1 aliphatic rings. The van der Waals surface area contributed by atoms with Crippen LogP contribution in [0.5, 0.6) is 10.9 Å². The first-order valence-electron chi connectivity index (χ1n) is 7.39. The quantitative estimate of drug-likeness (QED) is 0.710. The smallest absolute Gasteiger partial charge is 0.276 e. The van der Waals surface area contributed by atoms with Gasteiger partial charge >= 0.3 is 0 Å². The van der Waals surface area contributed by atoms with Gasteiger partial charge in [0.2, 0.25) is 0 Å². The van der Waals surface area contributed by atoms with Crippen LogP contribution in [0.1, 0.15) is 10.5 Å². The molecular formula is C15H15N5O3S. The zero-order chi connectivity index (χ0) is 16.7. The van der Waals surface area contributed by atoms with Crippen molar-refractivity contribution in [3.05, 3.63) is 30.1 Å². The molecule has 0 bridgehead atoms. The van der Waals surface area contributed by atoms with Gasteiger partial charge < -0.3 is 14.4 Å². The summed E-state index contributed by atoms with van der Waals surface area (Å²) >= 11 is 1.47. The molecule has 0 N–H and O–H groups in total. The highest BCUT2D eigenvalue weighted by Crippen LogP contribution is 2.32. The van der Waals surface area contributed by atoms with E-state index in [1.807, 2.05) is 18.2 Å². The Morgan fingerprint density at radius 2 is 2.21 bits per heavy atom. The lowest BCUT2D eigenvalue weighted by atomic mass is 10.1. The van der Waals surface area contributed by atoms with Gasteiger partial charge in [-0.15, -0.1) is 5.10 Å². The van der Waals surface area contributed by atoms with E-state index in [4.69, 9.17) is 9.47 Å². The van der Waals surface area contributed by atoms with E-state index in [0.717, 1.165) is 16.0 Å². The first kappa shape index (κ1) is 14.9. The molecule has 9 heteroatoms. The van der Waals surface area contributed by atoms with Crippen molar-refractivity contribution in [2.75, 3.05) is 20.2 Å². The Bertz CT molecular complexity index is 900. The molecule has 1 amide bonds. The minimum atomic E-state index is -0.128. The first-order chi connectivity index (χ1) is 11.6. The van der Waals surface area contributed by atoms with E-state index in [1.54, 1.807) is 25.3 Å².